The maximum Gasteiger partial charge on any atom is 0.0349 e. The first-order valence-corrected chi connectivity index (χ1v) is 8.98. The average Bonchev–Trinajstić information content (AvgIpc) is 2.69. The van der Waals surface area contributed by atoms with Crippen molar-refractivity contribution in [2.45, 2.75) is 13.3 Å². The van der Waals surface area contributed by atoms with E-state index >= 15 is 0 Å². The van der Waals surface area contributed by atoms with Gasteiger partial charge in [0, 0.05) is 17.8 Å². The number of hydrogen-bond donors (Lipinski definition) is 1. The Hall–Kier alpha value is -3.06. The Morgan fingerprint density at radius 1 is 0.923 bits per heavy atom. The molecule has 1 heteroatoms. The van der Waals surface area contributed by atoms with Gasteiger partial charge in [0.2, 0.25) is 0 Å². The summed E-state index contributed by atoms with van der Waals surface area (Å²) in [7, 11) is 0. The van der Waals surface area contributed by atoms with Crippen molar-refractivity contribution in [1.82, 2.24) is 5.32 Å². The van der Waals surface area contributed by atoms with E-state index in [1.807, 2.05) is 12.1 Å². The van der Waals surface area contributed by atoms with Crippen molar-refractivity contribution in [3.63, 3.8) is 0 Å². The fourth-order valence-electron chi connectivity index (χ4n) is 3.19. The topological polar surface area (TPSA) is 12.0 Å². The van der Waals surface area contributed by atoms with Gasteiger partial charge in [-0.2, -0.15) is 0 Å². The number of benzene rings is 3. The van der Waals surface area contributed by atoms with Crippen molar-refractivity contribution in [3.05, 3.63) is 108 Å². The molecule has 0 radical (unpaired) electrons. The highest BCUT2D eigenvalue weighted by Gasteiger charge is 2.10. The van der Waals surface area contributed by atoms with Crippen LogP contribution in [-0.4, -0.2) is 6.54 Å². The van der Waals surface area contributed by atoms with Crippen LogP contribution in [0.3, 0.4) is 0 Å². The second-order valence-electron chi connectivity index (χ2n) is 6.46. The smallest absolute Gasteiger partial charge is 0.0349 e. The third kappa shape index (κ3) is 4.12. The lowest BCUT2D eigenvalue weighted by Gasteiger charge is -2.17. The van der Waals surface area contributed by atoms with Gasteiger partial charge in [-0.3, -0.25) is 0 Å². The summed E-state index contributed by atoms with van der Waals surface area (Å²) in [5.41, 5.74) is 8.31. The highest BCUT2D eigenvalue weighted by molar-refractivity contribution is 5.81. The van der Waals surface area contributed by atoms with Crippen LogP contribution in [0.1, 0.15) is 22.3 Å². The first-order valence-electron chi connectivity index (χ1n) is 8.98. The van der Waals surface area contributed by atoms with Crippen LogP contribution in [0.5, 0.6) is 0 Å². The molecule has 0 aromatic heterocycles. The Labute approximate surface area is 156 Å². The molecule has 0 aliphatic rings. The van der Waals surface area contributed by atoms with Gasteiger partial charge in [0.1, 0.15) is 0 Å². The van der Waals surface area contributed by atoms with E-state index in [-0.39, 0.29) is 0 Å². The van der Waals surface area contributed by atoms with Crippen LogP contribution in [0.15, 0.2) is 86.0 Å². The van der Waals surface area contributed by atoms with Crippen molar-refractivity contribution in [1.29, 1.82) is 0 Å². The number of aryl methyl sites for hydroxylation is 1. The fourth-order valence-corrected chi connectivity index (χ4v) is 3.19. The molecule has 130 valence electrons. The van der Waals surface area contributed by atoms with Crippen LogP contribution >= 0.6 is 0 Å². The molecule has 0 heterocycles. The van der Waals surface area contributed by atoms with Gasteiger partial charge in [-0.1, -0.05) is 92.0 Å². The maximum atomic E-state index is 4.31. The zero-order valence-electron chi connectivity index (χ0n) is 15.3. The zero-order chi connectivity index (χ0) is 18.4. The minimum absolute atomic E-state index is 0.856. The second kappa shape index (κ2) is 8.35. The first kappa shape index (κ1) is 17.8. The molecule has 0 saturated carbocycles. The van der Waals surface area contributed by atoms with Crippen LogP contribution in [0.2, 0.25) is 0 Å². The lowest BCUT2D eigenvalue weighted by molar-refractivity contribution is 0.848. The van der Waals surface area contributed by atoms with Crippen molar-refractivity contribution in [2.75, 3.05) is 6.54 Å². The van der Waals surface area contributed by atoms with Gasteiger partial charge in [0.25, 0.3) is 0 Å². The lowest BCUT2D eigenvalue weighted by atomic mass is 9.94. The predicted octanol–water partition coefficient (Wildman–Crippen LogP) is 6.11. The van der Waals surface area contributed by atoms with Crippen molar-refractivity contribution < 1.29 is 0 Å². The molecule has 0 amide bonds. The average molecular weight is 339 g/mol. The van der Waals surface area contributed by atoms with Gasteiger partial charge in [0.05, 0.1) is 0 Å². The molecule has 26 heavy (non-hydrogen) atoms. The molecule has 1 nitrogen and oxygen atoms in total. The summed E-state index contributed by atoms with van der Waals surface area (Å²) in [6.45, 7) is 11.1. The molecule has 3 aromatic carbocycles. The summed E-state index contributed by atoms with van der Waals surface area (Å²) in [5.74, 6) is 0. The largest absolute Gasteiger partial charge is 0.385 e. The Morgan fingerprint density at radius 2 is 1.65 bits per heavy atom. The second-order valence-corrected chi connectivity index (χ2v) is 6.46. The van der Waals surface area contributed by atoms with E-state index in [1.54, 1.807) is 0 Å². The lowest BCUT2D eigenvalue weighted by Crippen LogP contribution is -2.16. The van der Waals surface area contributed by atoms with Gasteiger partial charge in [0.15, 0.2) is 0 Å². The molecule has 0 aliphatic heterocycles. The van der Waals surface area contributed by atoms with E-state index in [9.17, 15) is 0 Å². The molecular formula is C25H25N. The normalized spacial score (nSPS) is 10.3. The Kier molecular flexibility index (Phi) is 5.70. The molecule has 0 saturated heterocycles. The van der Waals surface area contributed by atoms with Crippen molar-refractivity contribution >= 4 is 11.8 Å². The van der Waals surface area contributed by atoms with E-state index in [0.717, 1.165) is 24.2 Å². The quantitative estimate of drug-likeness (QED) is 0.548. The molecule has 0 bridgehead atoms. The zero-order valence-corrected chi connectivity index (χ0v) is 15.3. The maximum absolute atomic E-state index is 4.31. The molecule has 0 fully saturated rings. The summed E-state index contributed by atoms with van der Waals surface area (Å²) in [5, 5.41) is 3.51. The first-order chi connectivity index (χ1) is 12.7. The number of rotatable bonds is 7. The molecule has 1 N–H and O–H groups in total. The van der Waals surface area contributed by atoms with E-state index < -0.39 is 0 Å². The number of nitrogens with one attached hydrogen (secondary N) is 1. The van der Waals surface area contributed by atoms with E-state index in [2.05, 4.69) is 92.1 Å². The standard InChI is InChI=1S/C25H25N/c1-4-21-13-15-22(16-14-21)17-18-26-20(3)25-19(2)9-8-12-24(25)23-10-6-5-7-11-23/h4-16,26H,1,3,17-18H2,2H3. The van der Waals surface area contributed by atoms with Crippen LogP contribution in [0.25, 0.3) is 22.9 Å². The third-order valence-electron chi connectivity index (χ3n) is 4.63. The molecule has 3 rings (SSSR count). The van der Waals surface area contributed by atoms with Gasteiger partial charge < -0.3 is 5.32 Å². The van der Waals surface area contributed by atoms with Gasteiger partial charge in [-0.15, -0.1) is 0 Å². The monoisotopic (exact) mass is 339 g/mol. The van der Waals surface area contributed by atoms with Gasteiger partial charge in [-0.25, -0.2) is 0 Å². The summed E-state index contributed by atoms with van der Waals surface area (Å²) in [6, 6.07) is 25.4. The van der Waals surface area contributed by atoms with E-state index in [1.165, 1.54) is 27.8 Å². The van der Waals surface area contributed by atoms with Gasteiger partial charge >= 0.3 is 0 Å². The minimum Gasteiger partial charge on any atom is -0.385 e. The van der Waals surface area contributed by atoms with Crippen LogP contribution in [0, 0.1) is 6.92 Å². The molecule has 0 spiro atoms. The summed E-state index contributed by atoms with van der Waals surface area (Å²) < 4.78 is 0. The highest BCUT2D eigenvalue weighted by atomic mass is 14.9. The molecule has 0 atom stereocenters. The van der Waals surface area contributed by atoms with Crippen LogP contribution in [-0.2, 0) is 6.42 Å². The minimum atomic E-state index is 0.856. The number of hydrogen-bond acceptors (Lipinski definition) is 1. The SMILES string of the molecule is C=Cc1ccc(CCNC(=C)c2c(C)cccc2-c2ccccc2)cc1. The predicted molar refractivity (Wildman–Crippen MR) is 114 cm³/mol. The molecular weight excluding hydrogens is 314 g/mol. The van der Waals surface area contributed by atoms with Crippen LogP contribution in [0.4, 0.5) is 0 Å². The summed E-state index contributed by atoms with van der Waals surface area (Å²) >= 11 is 0. The third-order valence-corrected chi connectivity index (χ3v) is 4.63. The molecule has 0 aliphatic carbocycles. The molecule has 0 unspecified atom stereocenters. The fraction of sp³-hybridized carbons (Fsp3) is 0.120. The van der Waals surface area contributed by atoms with E-state index in [0.29, 0.717) is 0 Å². The van der Waals surface area contributed by atoms with Crippen molar-refractivity contribution in [2.24, 2.45) is 0 Å². The Balaban J connectivity index is 1.72. The molecule has 3 aromatic rings. The summed E-state index contributed by atoms with van der Waals surface area (Å²) in [6.07, 6.45) is 2.83. The van der Waals surface area contributed by atoms with Crippen LogP contribution < -0.4 is 5.32 Å². The highest BCUT2D eigenvalue weighted by Crippen LogP contribution is 2.29. The Bertz CT molecular complexity index is 889. The summed E-state index contributed by atoms with van der Waals surface area (Å²) in [4.78, 5) is 0. The van der Waals surface area contributed by atoms with Gasteiger partial charge in [-0.05, 0) is 41.2 Å². The van der Waals surface area contributed by atoms with Crippen molar-refractivity contribution in [3.8, 4) is 11.1 Å². The Morgan fingerprint density at radius 3 is 2.35 bits per heavy atom. The van der Waals surface area contributed by atoms with E-state index in [4.69, 9.17) is 0 Å².